The minimum Gasteiger partial charge on any atom is -0.368 e. The van der Waals surface area contributed by atoms with Gasteiger partial charge in [-0.2, -0.15) is 0 Å². The van der Waals surface area contributed by atoms with E-state index < -0.39 is 0 Å². The van der Waals surface area contributed by atoms with Crippen molar-refractivity contribution in [2.24, 2.45) is 0 Å². The monoisotopic (exact) mass is 167 g/mol. The van der Waals surface area contributed by atoms with Gasteiger partial charge in [-0.15, -0.1) is 11.3 Å². The molecule has 0 N–H and O–H groups in total. The second-order valence-corrected chi connectivity index (χ2v) is 4.06. The van der Waals surface area contributed by atoms with Crippen LogP contribution in [0.15, 0.2) is 10.8 Å². The van der Waals surface area contributed by atoms with Crippen LogP contribution >= 0.6 is 11.3 Å². The quantitative estimate of drug-likeness (QED) is 0.621. The lowest BCUT2D eigenvalue weighted by molar-refractivity contribution is 0.710. The van der Waals surface area contributed by atoms with E-state index in [1.165, 1.54) is 18.7 Å². The Balaban J connectivity index is 2.31. The van der Waals surface area contributed by atoms with E-state index in [-0.39, 0.29) is 0 Å². The van der Waals surface area contributed by atoms with Crippen molar-refractivity contribution in [1.82, 2.24) is 0 Å². The van der Waals surface area contributed by atoms with E-state index in [1.54, 1.807) is 5.56 Å². The summed E-state index contributed by atoms with van der Waals surface area (Å²) in [6, 6.07) is 0.658. The molecule has 1 aliphatic heterocycles. The molecule has 0 radical (unpaired) electrons. The second kappa shape index (κ2) is 2.52. The third-order valence-corrected chi connectivity index (χ3v) is 3.05. The van der Waals surface area contributed by atoms with E-state index in [1.807, 2.05) is 11.3 Å². The molecule has 0 unspecified atom stereocenters. The second-order valence-electron chi connectivity index (χ2n) is 3.32. The van der Waals surface area contributed by atoms with Crippen molar-refractivity contribution in [1.29, 1.82) is 0 Å². The number of hydrogen-bond donors (Lipinski definition) is 0. The Morgan fingerprint density at radius 1 is 1.45 bits per heavy atom. The molecule has 0 aromatic carbocycles. The fourth-order valence-electron chi connectivity index (χ4n) is 1.65. The van der Waals surface area contributed by atoms with Gasteiger partial charge in [0.2, 0.25) is 0 Å². The molecule has 0 amide bonds. The van der Waals surface area contributed by atoms with Crippen LogP contribution in [0.5, 0.6) is 0 Å². The Bertz CT molecular complexity index is 252. The van der Waals surface area contributed by atoms with Crippen LogP contribution in [0, 0.1) is 0 Å². The molecule has 0 spiro atoms. The number of thiophene rings is 1. The zero-order chi connectivity index (χ0) is 7.84. The average molecular weight is 167 g/mol. The van der Waals surface area contributed by atoms with Gasteiger partial charge in [-0.3, -0.25) is 0 Å². The maximum absolute atomic E-state index is 2.48. The molecule has 0 fully saturated rings. The molecule has 0 saturated heterocycles. The Hall–Kier alpha value is -0.500. The molecule has 0 bridgehead atoms. The van der Waals surface area contributed by atoms with E-state index in [9.17, 15) is 0 Å². The molecule has 1 aromatic rings. The average Bonchev–Trinajstić information content (AvgIpc) is 2.41. The van der Waals surface area contributed by atoms with Gasteiger partial charge in [0, 0.05) is 18.0 Å². The van der Waals surface area contributed by atoms with Crippen LogP contribution in [0.1, 0.15) is 19.4 Å². The minimum absolute atomic E-state index is 0.658. The van der Waals surface area contributed by atoms with Crippen molar-refractivity contribution >= 4 is 17.0 Å². The van der Waals surface area contributed by atoms with Gasteiger partial charge in [-0.25, -0.2) is 0 Å². The van der Waals surface area contributed by atoms with Gasteiger partial charge in [-0.1, -0.05) is 0 Å². The molecular formula is C9H13NS. The van der Waals surface area contributed by atoms with Crippen molar-refractivity contribution in [3.05, 3.63) is 16.3 Å². The molecule has 1 aromatic heterocycles. The summed E-state index contributed by atoms with van der Waals surface area (Å²) in [6.07, 6.45) is 1.25. The highest BCUT2D eigenvalue weighted by Gasteiger charge is 2.21. The van der Waals surface area contributed by atoms with Crippen LogP contribution in [0.4, 0.5) is 5.69 Å². The van der Waals surface area contributed by atoms with Gasteiger partial charge in [0.1, 0.15) is 0 Å². The molecule has 2 rings (SSSR count). The lowest BCUT2D eigenvalue weighted by Gasteiger charge is -2.22. The van der Waals surface area contributed by atoms with Gasteiger partial charge in [0.25, 0.3) is 0 Å². The molecule has 2 heteroatoms. The van der Waals surface area contributed by atoms with Crippen molar-refractivity contribution in [2.45, 2.75) is 26.3 Å². The Morgan fingerprint density at radius 3 is 3.00 bits per heavy atom. The lowest BCUT2D eigenvalue weighted by atomic mass is 10.3. The third-order valence-electron chi connectivity index (χ3n) is 2.27. The van der Waals surface area contributed by atoms with Crippen LogP contribution in [0.3, 0.4) is 0 Å². The number of nitrogens with zero attached hydrogens (tertiary/aromatic N) is 1. The first kappa shape index (κ1) is 7.17. The van der Waals surface area contributed by atoms with Crippen molar-refractivity contribution < 1.29 is 0 Å². The molecule has 11 heavy (non-hydrogen) atoms. The van der Waals surface area contributed by atoms with Crippen molar-refractivity contribution in [3.63, 3.8) is 0 Å². The maximum Gasteiger partial charge on any atom is 0.0510 e. The number of hydrogen-bond acceptors (Lipinski definition) is 2. The normalized spacial score (nSPS) is 16.1. The smallest absolute Gasteiger partial charge is 0.0510 e. The van der Waals surface area contributed by atoms with E-state index in [4.69, 9.17) is 0 Å². The Labute approximate surface area is 71.7 Å². The van der Waals surface area contributed by atoms with E-state index >= 15 is 0 Å². The number of rotatable bonds is 1. The topological polar surface area (TPSA) is 3.24 Å². The van der Waals surface area contributed by atoms with E-state index in [0.717, 1.165) is 0 Å². The summed E-state index contributed by atoms with van der Waals surface area (Å²) in [5, 5.41) is 4.54. The summed E-state index contributed by atoms with van der Waals surface area (Å²) in [6.45, 7) is 5.73. The Kier molecular flexibility index (Phi) is 1.64. The molecule has 0 saturated carbocycles. The van der Waals surface area contributed by atoms with Gasteiger partial charge in [0.15, 0.2) is 0 Å². The molecule has 0 aliphatic carbocycles. The molecule has 0 atom stereocenters. The Morgan fingerprint density at radius 2 is 2.27 bits per heavy atom. The van der Waals surface area contributed by atoms with Crippen LogP contribution < -0.4 is 4.90 Å². The third kappa shape index (κ3) is 1.06. The van der Waals surface area contributed by atoms with Crippen LogP contribution in [-0.4, -0.2) is 12.6 Å². The highest BCUT2D eigenvalue weighted by atomic mass is 32.1. The summed E-state index contributed by atoms with van der Waals surface area (Å²) in [7, 11) is 0. The van der Waals surface area contributed by atoms with Crippen LogP contribution in [0.2, 0.25) is 0 Å². The SMILES string of the molecule is CC(C)N1CCc2cscc21. The van der Waals surface area contributed by atoms with Crippen LogP contribution in [-0.2, 0) is 6.42 Å². The predicted octanol–water partition coefficient (Wildman–Crippen LogP) is 2.52. The summed E-state index contributed by atoms with van der Waals surface area (Å²) in [5.41, 5.74) is 3.02. The van der Waals surface area contributed by atoms with E-state index in [2.05, 4.69) is 29.5 Å². The van der Waals surface area contributed by atoms with Crippen molar-refractivity contribution in [2.75, 3.05) is 11.4 Å². The number of anilines is 1. The first-order valence-electron chi connectivity index (χ1n) is 4.11. The fourth-order valence-corrected chi connectivity index (χ4v) is 2.54. The largest absolute Gasteiger partial charge is 0.368 e. The maximum atomic E-state index is 2.48. The van der Waals surface area contributed by atoms with E-state index in [0.29, 0.717) is 6.04 Å². The fraction of sp³-hybridized carbons (Fsp3) is 0.556. The van der Waals surface area contributed by atoms with Gasteiger partial charge in [0.05, 0.1) is 5.69 Å². The van der Waals surface area contributed by atoms with Gasteiger partial charge < -0.3 is 4.90 Å². The highest BCUT2D eigenvalue weighted by Crippen LogP contribution is 2.32. The minimum atomic E-state index is 0.658. The summed E-state index contributed by atoms with van der Waals surface area (Å²) in [5.74, 6) is 0. The van der Waals surface area contributed by atoms with Gasteiger partial charge >= 0.3 is 0 Å². The first-order valence-corrected chi connectivity index (χ1v) is 5.05. The summed E-state index contributed by atoms with van der Waals surface area (Å²) in [4.78, 5) is 2.48. The van der Waals surface area contributed by atoms with Crippen LogP contribution in [0.25, 0.3) is 0 Å². The predicted molar refractivity (Wildman–Crippen MR) is 50.5 cm³/mol. The number of fused-ring (bicyclic) bond motifs is 1. The highest BCUT2D eigenvalue weighted by molar-refractivity contribution is 7.08. The first-order chi connectivity index (χ1) is 5.29. The molecule has 60 valence electrons. The molecule has 2 heterocycles. The van der Waals surface area contributed by atoms with Crippen molar-refractivity contribution in [3.8, 4) is 0 Å². The standard InChI is InChI=1S/C9H13NS/c1-7(2)10-4-3-8-5-11-6-9(8)10/h5-7H,3-4H2,1-2H3. The lowest BCUT2D eigenvalue weighted by Crippen LogP contribution is -2.28. The zero-order valence-electron chi connectivity index (χ0n) is 7.00. The summed E-state index contributed by atoms with van der Waals surface area (Å²) >= 11 is 1.82. The molecule has 1 nitrogen and oxygen atoms in total. The zero-order valence-corrected chi connectivity index (χ0v) is 7.82. The molecular weight excluding hydrogens is 154 g/mol. The molecule has 1 aliphatic rings. The van der Waals surface area contributed by atoms with Gasteiger partial charge in [-0.05, 0) is 31.2 Å². The summed E-state index contributed by atoms with van der Waals surface area (Å²) < 4.78 is 0.